The highest BCUT2D eigenvalue weighted by atomic mass is 32.2. The summed E-state index contributed by atoms with van der Waals surface area (Å²) in [5.41, 5.74) is 1.03. The van der Waals surface area contributed by atoms with E-state index in [1.54, 1.807) is 11.8 Å². The first-order valence-corrected chi connectivity index (χ1v) is 3.90. The van der Waals surface area contributed by atoms with Crippen LogP contribution in [0, 0.1) is 0 Å². The molecule has 0 aliphatic rings. The van der Waals surface area contributed by atoms with Crippen LogP contribution in [0.25, 0.3) is 0 Å². The highest BCUT2D eigenvalue weighted by Crippen LogP contribution is 2.01. The van der Waals surface area contributed by atoms with Crippen LogP contribution < -0.4 is 5.32 Å². The fraction of sp³-hybridized carbons (Fsp3) is 0.667. The second kappa shape index (κ2) is 3.84. The second-order valence-corrected chi connectivity index (χ2v) is 2.98. The van der Waals surface area contributed by atoms with Crippen molar-refractivity contribution in [2.24, 2.45) is 0 Å². The minimum absolute atomic E-state index is 0.493. The largest absolute Gasteiger partial charge is 0.378 e. The lowest BCUT2D eigenvalue weighted by atomic mass is 10.5. The predicted octanol–water partition coefficient (Wildman–Crippen LogP) is 1.82. The van der Waals surface area contributed by atoms with Gasteiger partial charge in [-0.3, -0.25) is 0 Å². The maximum absolute atomic E-state index is 3.72. The Balaban J connectivity index is 3.24. The zero-order valence-corrected chi connectivity index (χ0v) is 6.51. The van der Waals surface area contributed by atoms with Crippen LogP contribution >= 0.6 is 11.8 Å². The maximum atomic E-state index is 3.72. The molecular weight excluding hydrogens is 118 g/mol. The topological polar surface area (TPSA) is 12.0 Å². The van der Waals surface area contributed by atoms with E-state index in [4.69, 9.17) is 0 Å². The van der Waals surface area contributed by atoms with Crippen molar-refractivity contribution in [1.29, 1.82) is 0 Å². The molecule has 0 aromatic carbocycles. The van der Waals surface area contributed by atoms with Crippen molar-refractivity contribution in [2.45, 2.75) is 19.2 Å². The zero-order chi connectivity index (χ0) is 6.57. The molecule has 0 aromatic heterocycles. The smallest absolute Gasteiger partial charge is 0.0688 e. The normalized spacial score (nSPS) is 12.9. The SMILES string of the molecule is C=C(C)NC(C)SC. The Morgan fingerprint density at radius 2 is 2.25 bits per heavy atom. The van der Waals surface area contributed by atoms with E-state index in [-0.39, 0.29) is 0 Å². The van der Waals surface area contributed by atoms with Gasteiger partial charge < -0.3 is 5.32 Å². The summed E-state index contributed by atoms with van der Waals surface area (Å²) in [6.45, 7) is 7.79. The van der Waals surface area contributed by atoms with Crippen molar-refractivity contribution in [3.05, 3.63) is 12.3 Å². The highest BCUT2D eigenvalue weighted by molar-refractivity contribution is 7.99. The van der Waals surface area contributed by atoms with E-state index in [1.165, 1.54) is 0 Å². The molecule has 0 heterocycles. The van der Waals surface area contributed by atoms with Gasteiger partial charge in [-0.25, -0.2) is 0 Å². The molecule has 0 saturated carbocycles. The lowest BCUT2D eigenvalue weighted by Gasteiger charge is -2.10. The summed E-state index contributed by atoms with van der Waals surface area (Å²) in [6.07, 6.45) is 2.07. The van der Waals surface area contributed by atoms with Crippen LogP contribution in [0.5, 0.6) is 0 Å². The number of thioether (sulfide) groups is 1. The van der Waals surface area contributed by atoms with E-state index < -0.39 is 0 Å². The van der Waals surface area contributed by atoms with Gasteiger partial charge in [-0.2, -0.15) is 0 Å². The van der Waals surface area contributed by atoms with E-state index in [0.29, 0.717) is 5.37 Å². The average Bonchev–Trinajstić information content (AvgIpc) is 1.65. The van der Waals surface area contributed by atoms with Crippen LogP contribution in [0.3, 0.4) is 0 Å². The minimum Gasteiger partial charge on any atom is -0.378 e. The molecule has 0 aliphatic carbocycles. The fourth-order valence-electron chi connectivity index (χ4n) is 0.406. The Bertz CT molecular complexity index is 80.6. The molecular formula is C6H13NS. The molecule has 0 rings (SSSR count). The Morgan fingerprint density at radius 1 is 1.75 bits per heavy atom. The quantitative estimate of drug-likeness (QED) is 0.586. The van der Waals surface area contributed by atoms with E-state index in [9.17, 15) is 0 Å². The van der Waals surface area contributed by atoms with Gasteiger partial charge in [-0.05, 0) is 20.1 Å². The van der Waals surface area contributed by atoms with Gasteiger partial charge in [0.15, 0.2) is 0 Å². The Kier molecular flexibility index (Phi) is 3.79. The van der Waals surface area contributed by atoms with E-state index >= 15 is 0 Å². The predicted molar refractivity (Wildman–Crippen MR) is 40.9 cm³/mol. The summed E-state index contributed by atoms with van der Waals surface area (Å²) in [4.78, 5) is 0. The van der Waals surface area contributed by atoms with Crippen molar-refractivity contribution in [3.63, 3.8) is 0 Å². The Labute approximate surface area is 55.5 Å². The lowest BCUT2D eigenvalue weighted by Crippen LogP contribution is -2.19. The van der Waals surface area contributed by atoms with Gasteiger partial charge in [0, 0.05) is 5.70 Å². The molecule has 8 heavy (non-hydrogen) atoms. The Hall–Kier alpha value is -0.110. The molecule has 0 aromatic rings. The van der Waals surface area contributed by atoms with Crippen LogP contribution in [0.2, 0.25) is 0 Å². The second-order valence-electron chi connectivity index (χ2n) is 1.80. The summed E-state index contributed by atoms with van der Waals surface area (Å²) in [6, 6.07) is 0. The number of hydrogen-bond acceptors (Lipinski definition) is 2. The summed E-state index contributed by atoms with van der Waals surface area (Å²) in [5.74, 6) is 0. The highest BCUT2D eigenvalue weighted by Gasteiger charge is 1.93. The molecule has 1 N–H and O–H groups in total. The van der Waals surface area contributed by atoms with Crippen LogP contribution in [0.4, 0.5) is 0 Å². The molecule has 1 unspecified atom stereocenters. The molecule has 0 aliphatic heterocycles. The van der Waals surface area contributed by atoms with Gasteiger partial charge in [0.25, 0.3) is 0 Å². The molecule has 0 bridgehead atoms. The van der Waals surface area contributed by atoms with E-state index in [1.807, 2.05) is 6.92 Å². The lowest BCUT2D eigenvalue weighted by molar-refractivity contribution is 0.807. The molecule has 48 valence electrons. The van der Waals surface area contributed by atoms with Gasteiger partial charge >= 0.3 is 0 Å². The van der Waals surface area contributed by atoms with Crippen molar-refractivity contribution < 1.29 is 0 Å². The van der Waals surface area contributed by atoms with Crippen LogP contribution in [0.15, 0.2) is 12.3 Å². The first-order chi connectivity index (χ1) is 3.66. The third-order valence-corrected chi connectivity index (χ3v) is 1.63. The van der Waals surface area contributed by atoms with Gasteiger partial charge in [-0.15, -0.1) is 11.8 Å². The molecule has 0 saturated heterocycles. The zero-order valence-electron chi connectivity index (χ0n) is 5.69. The number of rotatable bonds is 3. The molecule has 0 spiro atoms. The van der Waals surface area contributed by atoms with Crippen LogP contribution in [0.1, 0.15) is 13.8 Å². The first kappa shape index (κ1) is 7.89. The van der Waals surface area contributed by atoms with Crippen LogP contribution in [-0.2, 0) is 0 Å². The van der Waals surface area contributed by atoms with Gasteiger partial charge in [0.1, 0.15) is 0 Å². The van der Waals surface area contributed by atoms with Crippen molar-refractivity contribution in [2.75, 3.05) is 6.26 Å². The number of nitrogens with one attached hydrogen (secondary N) is 1. The monoisotopic (exact) mass is 131 g/mol. The van der Waals surface area contributed by atoms with E-state index in [2.05, 4.69) is 25.1 Å². The summed E-state index contributed by atoms with van der Waals surface area (Å²) < 4.78 is 0. The third-order valence-electron chi connectivity index (χ3n) is 0.803. The fourth-order valence-corrected chi connectivity index (χ4v) is 0.725. The third kappa shape index (κ3) is 4.06. The maximum Gasteiger partial charge on any atom is 0.0688 e. The molecule has 0 amide bonds. The van der Waals surface area contributed by atoms with Gasteiger partial charge in [-0.1, -0.05) is 6.58 Å². The average molecular weight is 131 g/mol. The van der Waals surface area contributed by atoms with E-state index in [0.717, 1.165) is 5.70 Å². The molecule has 0 radical (unpaired) electrons. The number of allylic oxidation sites excluding steroid dienone is 1. The van der Waals surface area contributed by atoms with Crippen molar-refractivity contribution in [3.8, 4) is 0 Å². The number of hydrogen-bond donors (Lipinski definition) is 1. The summed E-state index contributed by atoms with van der Waals surface area (Å²) in [5, 5.41) is 3.65. The molecule has 2 heteroatoms. The molecule has 0 fully saturated rings. The summed E-state index contributed by atoms with van der Waals surface area (Å²) in [7, 11) is 0. The molecule has 1 atom stereocenters. The Morgan fingerprint density at radius 3 is 2.38 bits per heavy atom. The van der Waals surface area contributed by atoms with Gasteiger partial charge in [0.2, 0.25) is 0 Å². The summed E-state index contributed by atoms with van der Waals surface area (Å²) >= 11 is 1.78. The van der Waals surface area contributed by atoms with Crippen LogP contribution in [-0.4, -0.2) is 11.6 Å². The minimum atomic E-state index is 0.493. The van der Waals surface area contributed by atoms with Gasteiger partial charge in [0.05, 0.1) is 5.37 Å². The first-order valence-electron chi connectivity index (χ1n) is 2.61. The van der Waals surface area contributed by atoms with Crippen molar-refractivity contribution >= 4 is 11.8 Å². The molecule has 1 nitrogen and oxygen atoms in total. The van der Waals surface area contributed by atoms with Crippen molar-refractivity contribution in [1.82, 2.24) is 5.32 Å². The standard InChI is InChI=1S/C6H13NS/c1-5(2)7-6(3)8-4/h6-7H,1H2,2-4H3.